The molecule has 3 N–H and O–H groups in total. The van der Waals surface area contributed by atoms with Crippen molar-refractivity contribution < 1.29 is 60.1 Å². The third-order valence-electron chi connectivity index (χ3n) is 17.6. The highest BCUT2D eigenvalue weighted by molar-refractivity contribution is 5.85. The molecule has 2 aliphatic heterocycles. The van der Waals surface area contributed by atoms with Crippen molar-refractivity contribution >= 4 is 23.7 Å². The lowest BCUT2D eigenvalue weighted by Crippen LogP contribution is -2.49. The zero-order chi connectivity index (χ0) is 70.4. The monoisotopic (exact) mass is 1320 g/mol. The fraction of sp³-hybridized carbons (Fsp3) is 0.493. The molecule has 0 radical (unpaired) electrons. The maximum atomic E-state index is 16.0. The van der Waals surface area contributed by atoms with Gasteiger partial charge in [0, 0.05) is 87.7 Å². The number of ketones is 1. The summed E-state index contributed by atoms with van der Waals surface area (Å²) < 4.78 is 97.4. The second kappa shape index (κ2) is 34.3. The van der Waals surface area contributed by atoms with Crippen LogP contribution in [0.5, 0.6) is 0 Å². The van der Waals surface area contributed by atoms with E-state index in [1.807, 2.05) is 65.2 Å². The summed E-state index contributed by atoms with van der Waals surface area (Å²) in [5.41, 5.74) is 16.1. The Labute approximate surface area is 554 Å². The summed E-state index contributed by atoms with van der Waals surface area (Å²) in [6.07, 6.45) is 3.42. The number of aromatic nitrogens is 2. The number of pyridine rings is 2. The number of aliphatic carboxylic acids is 1. The number of carbonyl (C=O) groups excluding carboxylic acids is 3. The van der Waals surface area contributed by atoms with Crippen molar-refractivity contribution in [3.8, 4) is 22.3 Å². The number of aryl methyl sites for hydroxylation is 8. The Kier molecular flexibility index (Phi) is 27.6. The third-order valence-corrected chi connectivity index (χ3v) is 17.6. The van der Waals surface area contributed by atoms with Gasteiger partial charge in [-0.1, -0.05) is 27.7 Å². The molecule has 8 rings (SSSR count). The van der Waals surface area contributed by atoms with Gasteiger partial charge in [-0.15, -0.1) is 0 Å². The molecular weight excluding hydrogens is 1230 g/mol. The number of esters is 2. The Morgan fingerprint density at radius 3 is 1.29 bits per heavy atom. The predicted molar refractivity (Wildman–Crippen MR) is 359 cm³/mol. The van der Waals surface area contributed by atoms with Crippen molar-refractivity contribution in [3.63, 3.8) is 0 Å². The number of benzene rings is 4. The summed E-state index contributed by atoms with van der Waals surface area (Å²) in [7, 11) is 0. The Balaban J connectivity index is 0.000000249. The maximum Gasteiger partial charge on any atom is 0.326 e. The number of Topliss-reactive ketones (excluding diaryl/α,β-unsaturated/α-hetero) is 1. The largest absolute Gasteiger partial charge is 0.480 e. The molecule has 0 aliphatic carbocycles. The molecule has 516 valence electrons. The number of nitrogens with zero attached hydrogens (tertiary/aromatic N) is 4. The van der Waals surface area contributed by atoms with Gasteiger partial charge in [0.05, 0.1) is 32.1 Å². The van der Waals surface area contributed by atoms with Gasteiger partial charge in [0.15, 0.2) is 5.78 Å². The summed E-state index contributed by atoms with van der Waals surface area (Å²) in [5.74, 6) is -4.56. The van der Waals surface area contributed by atoms with Crippen LogP contribution in [-0.4, -0.2) is 113 Å². The Morgan fingerprint density at radius 1 is 0.526 bits per heavy atom. The van der Waals surface area contributed by atoms with E-state index in [9.17, 15) is 55.8 Å². The summed E-state index contributed by atoms with van der Waals surface area (Å²) in [6, 6.07) is 13.0. The van der Waals surface area contributed by atoms with Crippen molar-refractivity contribution in [1.29, 1.82) is 0 Å². The van der Waals surface area contributed by atoms with Crippen LogP contribution in [0.3, 0.4) is 0 Å². The summed E-state index contributed by atoms with van der Waals surface area (Å²) in [4.78, 5) is 79.9. The second-order valence-electron chi connectivity index (χ2n) is 26.5. The first kappa shape index (κ1) is 76.3. The van der Waals surface area contributed by atoms with E-state index in [2.05, 4.69) is 0 Å². The number of carboxylic acid groups (broad SMARTS) is 1. The predicted octanol–water partition coefficient (Wildman–Crippen LogP) is 14.0. The number of hydrogen-bond donors (Lipinski definition) is 2. The Morgan fingerprint density at radius 2 is 0.905 bits per heavy atom. The van der Waals surface area contributed by atoms with E-state index in [0.717, 1.165) is 56.6 Å². The molecule has 2 aromatic heterocycles. The van der Waals surface area contributed by atoms with E-state index >= 15 is 4.39 Å². The van der Waals surface area contributed by atoms with Crippen molar-refractivity contribution in [3.05, 3.63) is 184 Å². The van der Waals surface area contributed by atoms with Gasteiger partial charge in [-0.3, -0.25) is 33.8 Å². The van der Waals surface area contributed by atoms with Crippen molar-refractivity contribution in [2.24, 2.45) is 17.6 Å². The number of nitrogens with two attached hydrogens (primary N) is 1. The van der Waals surface area contributed by atoms with Crippen LogP contribution in [0.2, 0.25) is 0 Å². The fourth-order valence-electron chi connectivity index (χ4n) is 12.7. The molecule has 20 heteroatoms. The minimum Gasteiger partial charge on any atom is -0.480 e. The zero-order valence-corrected chi connectivity index (χ0v) is 57.5. The van der Waals surface area contributed by atoms with Gasteiger partial charge >= 0.3 is 17.9 Å². The van der Waals surface area contributed by atoms with Gasteiger partial charge in [0.2, 0.25) is 0 Å². The van der Waals surface area contributed by atoms with Gasteiger partial charge in [-0.05, 0) is 239 Å². The number of halogens is 6. The number of likely N-dealkylation sites (tertiary alicyclic amines) is 2. The van der Waals surface area contributed by atoms with E-state index < -0.39 is 65.9 Å². The highest BCUT2D eigenvalue weighted by atomic mass is 19.2. The van der Waals surface area contributed by atoms with E-state index in [-0.39, 0.29) is 84.0 Å². The number of rotatable bonds is 26. The zero-order valence-electron chi connectivity index (χ0n) is 57.5. The third kappa shape index (κ3) is 20.7. The molecule has 0 spiro atoms. The average Bonchev–Trinajstić information content (AvgIpc) is 0.825. The number of hydrogen-bond acceptors (Lipinski definition) is 11. The Hall–Kier alpha value is -7.68. The molecule has 4 aromatic carbocycles. The van der Waals surface area contributed by atoms with Crippen LogP contribution in [0.25, 0.3) is 22.3 Å². The average molecular weight is 1320 g/mol. The van der Waals surface area contributed by atoms with Gasteiger partial charge in [0.25, 0.3) is 11.1 Å². The molecule has 2 fully saturated rings. The highest BCUT2D eigenvalue weighted by Crippen LogP contribution is 2.38. The number of ether oxygens (including phenoxy) is 2. The van der Waals surface area contributed by atoms with Crippen LogP contribution in [0.4, 0.5) is 26.3 Å². The molecule has 4 heterocycles. The standard InChI is InChI=1S/C38H47F3N2O4.C20H23F2NO2.C17H25FN2O3/c1-8-47-36(46)18-28(32-16-29(12-26(7)38(32)41)37-24(5)13-30(39)14-25(37)6)17-34(44)33(11-22(2)3)43-19-27(23(4)15-35(43)45)9-10-42-20-31(40)21-42;1-5-25-18(24)10-17(23)16-9-14(6-13(4)20(16)22)19-11(2)7-15(21)8-12(19)3;1-11(2)6-15(17(22)23)20-8-13(12(3)7-16(20)21)4-5-19-9-14(18)10-19/h12-16,19,22,28,31,33H,8-11,17-18,20-21H2,1-7H3;6-9,17H,5,10,23H2,1-4H3;7-8,11,14-15H,4-6,9-10H2,1-3H3,(H,22,23)/t28-,33?;17-;/m00./s1. The molecule has 95 heavy (non-hydrogen) atoms. The van der Waals surface area contributed by atoms with E-state index in [1.165, 1.54) is 45.5 Å². The molecule has 2 aliphatic rings. The summed E-state index contributed by atoms with van der Waals surface area (Å²) in [6.45, 7) is 28.8. The van der Waals surface area contributed by atoms with E-state index in [4.69, 9.17) is 15.2 Å². The quantitative estimate of drug-likeness (QED) is 0.0388. The fourth-order valence-corrected chi connectivity index (χ4v) is 12.7. The van der Waals surface area contributed by atoms with Crippen LogP contribution >= 0.6 is 0 Å². The lowest BCUT2D eigenvalue weighted by molar-refractivity contribution is -0.144. The van der Waals surface area contributed by atoms with Gasteiger partial charge in [-0.25, -0.2) is 31.1 Å². The highest BCUT2D eigenvalue weighted by Gasteiger charge is 2.33. The topological polar surface area (TPSA) is 183 Å². The number of alkyl halides is 2. The molecule has 14 nitrogen and oxygen atoms in total. The summed E-state index contributed by atoms with van der Waals surface area (Å²) >= 11 is 0. The van der Waals surface area contributed by atoms with Crippen molar-refractivity contribution in [1.82, 2.24) is 18.9 Å². The molecular formula is C75H95F6N5O9. The van der Waals surface area contributed by atoms with Crippen LogP contribution in [0.1, 0.15) is 164 Å². The SMILES string of the molecule is CCOC(=O)C[C@H](CC(=O)C(CC(C)C)n1cc(CCN2CC(F)C2)c(C)cc1=O)c1cc(-c2c(C)cc(F)cc2C)cc(C)c1F.CCOC(=O)C[C@H](N)c1cc(-c2c(C)cc(F)cc2C)cc(C)c1F.Cc1cc(=O)n(C(CC(C)C)C(=O)O)cc1CCN1CC(F)C1. The lowest BCUT2D eigenvalue weighted by Gasteiger charge is -2.34. The van der Waals surface area contributed by atoms with Gasteiger partial charge in [0.1, 0.15) is 41.7 Å². The second-order valence-corrected chi connectivity index (χ2v) is 26.5. The number of carbonyl (C=O) groups is 4. The normalized spacial score (nSPS) is 14.8. The number of carboxylic acids is 1. The molecule has 0 saturated carbocycles. The molecule has 0 amide bonds. The molecule has 6 aromatic rings. The molecule has 4 atom stereocenters. The lowest BCUT2D eigenvalue weighted by atomic mass is 9.83. The maximum absolute atomic E-state index is 16.0. The van der Waals surface area contributed by atoms with Gasteiger partial charge in [-0.2, -0.15) is 0 Å². The van der Waals surface area contributed by atoms with Crippen LogP contribution in [0, 0.1) is 90.5 Å². The smallest absolute Gasteiger partial charge is 0.326 e. The van der Waals surface area contributed by atoms with Crippen molar-refractivity contribution in [2.45, 2.75) is 178 Å². The first-order chi connectivity index (χ1) is 44.7. The molecule has 2 saturated heterocycles. The van der Waals surface area contributed by atoms with E-state index in [0.29, 0.717) is 86.2 Å². The first-order valence-electron chi connectivity index (χ1n) is 32.8. The van der Waals surface area contributed by atoms with Crippen LogP contribution in [-0.2, 0) is 41.5 Å². The van der Waals surface area contributed by atoms with Gasteiger partial charge < -0.3 is 29.4 Å². The minimum absolute atomic E-state index is 0.0541. The van der Waals surface area contributed by atoms with Crippen LogP contribution in [0.15, 0.2) is 82.6 Å². The van der Waals surface area contributed by atoms with Crippen molar-refractivity contribution in [2.75, 3.05) is 52.5 Å². The van der Waals surface area contributed by atoms with E-state index in [1.54, 1.807) is 78.2 Å². The summed E-state index contributed by atoms with van der Waals surface area (Å²) in [5, 5.41) is 9.45. The Bertz CT molecular complexity index is 3790. The van der Waals surface area contributed by atoms with Crippen LogP contribution < -0.4 is 16.9 Å². The first-order valence-corrected chi connectivity index (χ1v) is 32.8. The molecule has 0 bridgehead atoms. The minimum atomic E-state index is -0.987. The molecule has 2 unspecified atom stereocenters.